The number of halogens is 1. The normalized spacial score (nSPS) is 15.5. The van der Waals surface area contributed by atoms with Gasteiger partial charge in [0.05, 0.1) is 17.6 Å². The molecular formula is C20H23FN6O. The van der Waals surface area contributed by atoms with E-state index in [1.54, 1.807) is 18.5 Å². The quantitative estimate of drug-likeness (QED) is 0.727. The van der Waals surface area contributed by atoms with Gasteiger partial charge in [0.25, 0.3) is 0 Å². The molecule has 3 heterocycles. The number of carbonyl (C=O) groups is 1. The first-order chi connectivity index (χ1) is 13.7. The van der Waals surface area contributed by atoms with Crippen molar-refractivity contribution in [3.05, 3.63) is 59.9 Å². The molecule has 2 N–H and O–H groups in total. The summed E-state index contributed by atoms with van der Waals surface area (Å²) in [5.41, 5.74) is 2.55. The van der Waals surface area contributed by atoms with Crippen molar-refractivity contribution in [1.82, 2.24) is 30.1 Å². The number of H-pyrrole nitrogens is 1. The lowest BCUT2D eigenvalue weighted by Gasteiger charge is -2.22. The van der Waals surface area contributed by atoms with E-state index < -0.39 is 0 Å². The van der Waals surface area contributed by atoms with Crippen molar-refractivity contribution in [2.75, 3.05) is 26.2 Å². The molecule has 1 fully saturated rings. The average molecular weight is 382 g/mol. The molecule has 0 atom stereocenters. The molecule has 1 aromatic carbocycles. The number of fused-ring (bicyclic) bond motifs is 1. The summed E-state index contributed by atoms with van der Waals surface area (Å²) in [6, 6.07) is 8.35. The minimum atomic E-state index is -0.312. The van der Waals surface area contributed by atoms with Crippen molar-refractivity contribution in [3.8, 4) is 0 Å². The van der Waals surface area contributed by atoms with Gasteiger partial charge in [0, 0.05) is 45.1 Å². The Kier molecular flexibility index (Phi) is 5.48. The topological polar surface area (TPSA) is 77.2 Å². The third-order valence-corrected chi connectivity index (χ3v) is 4.93. The van der Waals surface area contributed by atoms with Gasteiger partial charge in [0.1, 0.15) is 11.6 Å². The molecule has 0 spiro atoms. The summed E-state index contributed by atoms with van der Waals surface area (Å²) in [5.74, 6) is 0.302. The monoisotopic (exact) mass is 382 g/mol. The highest BCUT2D eigenvalue weighted by atomic mass is 19.1. The van der Waals surface area contributed by atoms with E-state index in [9.17, 15) is 9.18 Å². The minimum Gasteiger partial charge on any atom is -0.340 e. The van der Waals surface area contributed by atoms with Crippen LogP contribution in [0.25, 0.3) is 11.0 Å². The summed E-state index contributed by atoms with van der Waals surface area (Å²) in [7, 11) is 0. The van der Waals surface area contributed by atoms with Crippen LogP contribution in [-0.2, 0) is 13.1 Å². The molecule has 3 aromatic rings. The van der Waals surface area contributed by atoms with Gasteiger partial charge in [0.15, 0.2) is 0 Å². The van der Waals surface area contributed by atoms with Crippen molar-refractivity contribution in [3.63, 3.8) is 0 Å². The maximum atomic E-state index is 13.3. The van der Waals surface area contributed by atoms with Crippen LogP contribution in [-0.4, -0.2) is 57.0 Å². The lowest BCUT2D eigenvalue weighted by molar-refractivity contribution is 0.197. The number of aromatic nitrogens is 3. The average Bonchev–Trinajstić information content (AvgIpc) is 2.96. The number of nitrogens with zero attached hydrogens (tertiary/aromatic N) is 4. The van der Waals surface area contributed by atoms with Gasteiger partial charge in [-0.25, -0.2) is 14.2 Å². The Labute approximate surface area is 162 Å². The zero-order valence-corrected chi connectivity index (χ0v) is 15.6. The summed E-state index contributed by atoms with van der Waals surface area (Å²) in [6.07, 6.45) is 4.54. The van der Waals surface area contributed by atoms with Gasteiger partial charge in [-0.15, -0.1) is 0 Å². The van der Waals surface area contributed by atoms with Crippen molar-refractivity contribution < 1.29 is 9.18 Å². The van der Waals surface area contributed by atoms with Crippen LogP contribution in [0.5, 0.6) is 0 Å². The molecule has 8 heteroatoms. The Balaban J connectivity index is 1.29. The number of imidazole rings is 1. The smallest absolute Gasteiger partial charge is 0.317 e. The third kappa shape index (κ3) is 4.45. The number of aromatic amines is 1. The first-order valence-electron chi connectivity index (χ1n) is 9.45. The number of hydrogen-bond donors (Lipinski definition) is 2. The predicted molar refractivity (Wildman–Crippen MR) is 104 cm³/mol. The number of carbonyl (C=O) groups excluding carboxylic acids is 1. The Morgan fingerprint density at radius 2 is 2.00 bits per heavy atom. The second-order valence-corrected chi connectivity index (χ2v) is 6.98. The molecular weight excluding hydrogens is 359 g/mol. The fraction of sp³-hybridized carbons (Fsp3) is 0.350. The zero-order chi connectivity index (χ0) is 19.3. The molecule has 2 aromatic heterocycles. The van der Waals surface area contributed by atoms with Crippen molar-refractivity contribution in [2.24, 2.45) is 0 Å². The standard InChI is InChI=1S/C20H23FN6O/c21-16-2-3-17-18(12-16)25-19(24-17)13-23-20(28)27-9-1-8-26(10-11-27)14-15-4-6-22-7-5-15/h2-7,12H,1,8-11,13-14H2,(H,23,28)(H,24,25). The van der Waals surface area contributed by atoms with Gasteiger partial charge in [0.2, 0.25) is 0 Å². The molecule has 1 aliphatic heterocycles. The van der Waals surface area contributed by atoms with E-state index in [1.807, 2.05) is 17.0 Å². The van der Waals surface area contributed by atoms with Crippen molar-refractivity contribution in [1.29, 1.82) is 0 Å². The molecule has 0 unspecified atom stereocenters. The van der Waals surface area contributed by atoms with Crippen LogP contribution >= 0.6 is 0 Å². The van der Waals surface area contributed by atoms with E-state index in [1.165, 1.54) is 17.7 Å². The van der Waals surface area contributed by atoms with E-state index >= 15 is 0 Å². The summed E-state index contributed by atoms with van der Waals surface area (Å²) in [5, 5.41) is 2.91. The number of rotatable bonds is 4. The fourth-order valence-corrected chi connectivity index (χ4v) is 3.47. The molecule has 0 radical (unpaired) electrons. The second kappa shape index (κ2) is 8.35. The number of benzene rings is 1. The van der Waals surface area contributed by atoms with E-state index in [-0.39, 0.29) is 18.4 Å². The lowest BCUT2D eigenvalue weighted by Crippen LogP contribution is -2.41. The summed E-state index contributed by atoms with van der Waals surface area (Å²) in [4.78, 5) is 28.2. The Bertz CT molecular complexity index is 944. The van der Waals surface area contributed by atoms with Crippen LogP contribution in [0.2, 0.25) is 0 Å². The van der Waals surface area contributed by atoms with Gasteiger partial charge in [-0.1, -0.05) is 0 Å². The highest BCUT2D eigenvalue weighted by Crippen LogP contribution is 2.13. The Morgan fingerprint density at radius 1 is 1.14 bits per heavy atom. The SMILES string of the molecule is O=C(NCc1nc2ccc(F)cc2[nH]1)N1CCCN(Cc2ccncc2)CC1. The molecule has 28 heavy (non-hydrogen) atoms. The molecule has 1 saturated heterocycles. The molecule has 7 nitrogen and oxygen atoms in total. The van der Waals surface area contributed by atoms with Gasteiger partial charge in [-0.2, -0.15) is 0 Å². The van der Waals surface area contributed by atoms with Crippen molar-refractivity contribution >= 4 is 17.1 Å². The molecule has 4 rings (SSSR count). The highest BCUT2D eigenvalue weighted by Gasteiger charge is 2.19. The van der Waals surface area contributed by atoms with Crippen molar-refractivity contribution in [2.45, 2.75) is 19.5 Å². The molecule has 0 aliphatic carbocycles. The van der Waals surface area contributed by atoms with Crippen LogP contribution in [0.3, 0.4) is 0 Å². The van der Waals surface area contributed by atoms with E-state index in [0.717, 1.165) is 32.6 Å². The summed E-state index contributed by atoms with van der Waals surface area (Å²) < 4.78 is 13.3. The molecule has 0 bridgehead atoms. The van der Waals surface area contributed by atoms with Gasteiger partial charge in [-0.05, 0) is 42.3 Å². The van der Waals surface area contributed by atoms with Gasteiger partial charge in [-0.3, -0.25) is 9.88 Å². The zero-order valence-electron chi connectivity index (χ0n) is 15.6. The highest BCUT2D eigenvalue weighted by molar-refractivity contribution is 5.76. The number of hydrogen-bond acceptors (Lipinski definition) is 4. The maximum Gasteiger partial charge on any atom is 0.317 e. The van der Waals surface area contributed by atoms with Gasteiger partial charge < -0.3 is 15.2 Å². The first kappa shape index (κ1) is 18.4. The first-order valence-corrected chi connectivity index (χ1v) is 9.45. The maximum absolute atomic E-state index is 13.3. The number of amides is 2. The van der Waals surface area contributed by atoms with Crippen LogP contribution in [0, 0.1) is 5.82 Å². The third-order valence-electron chi connectivity index (χ3n) is 4.93. The Hall–Kier alpha value is -3.00. The predicted octanol–water partition coefficient (Wildman–Crippen LogP) is 2.51. The Morgan fingerprint density at radius 3 is 2.86 bits per heavy atom. The lowest BCUT2D eigenvalue weighted by atomic mass is 10.2. The number of urea groups is 1. The molecule has 146 valence electrons. The van der Waals surface area contributed by atoms with E-state index in [2.05, 4.69) is 25.2 Å². The van der Waals surface area contributed by atoms with Crippen LogP contribution in [0.1, 0.15) is 17.8 Å². The molecule has 1 aliphatic rings. The molecule has 2 amide bonds. The number of nitrogens with one attached hydrogen (secondary N) is 2. The largest absolute Gasteiger partial charge is 0.340 e. The van der Waals surface area contributed by atoms with E-state index in [4.69, 9.17) is 0 Å². The number of pyridine rings is 1. The van der Waals surface area contributed by atoms with Crippen LogP contribution < -0.4 is 5.32 Å². The van der Waals surface area contributed by atoms with Gasteiger partial charge >= 0.3 is 6.03 Å². The minimum absolute atomic E-state index is 0.0996. The second-order valence-electron chi connectivity index (χ2n) is 6.98. The summed E-state index contributed by atoms with van der Waals surface area (Å²) in [6.45, 7) is 4.35. The van der Waals surface area contributed by atoms with Crippen LogP contribution in [0.15, 0.2) is 42.7 Å². The van der Waals surface area contributed by atoms with Crippen LogP contribution in [0.4, 0.5) is 9.18 Å². The summed E-state index contributed by atoms with van der Waals surface area (Å²) >= 11 is 0. The van der Waals surface area contributed by atoms with E-state index in [0.29, 0.717) is 23.4 Å². The molecule has 0 saturated carbocycles. The fourth-order valence-electron chi connectivity index (χ4n) is 3.47.